The molecule has 1 aliphatic rings. The van der Waals surface area contributed by atoms with Crippen LogP contribution in [0.4, 0.5) is 10.1 Å². The van der Waals surface area contributed by atoms with Gasteiger partial charge in [-0.2, -0.15) is 0 Å². The molecule has 0 amide bonds. The minimum atomic E-state index is -0.253. The first-order valence-corrected chi connectivity index (χ1v) is 7.84. The molecule has 22 heavy (non-hydrogen) atoms. The summed E-state index contributed by atoms with van der Waals surface area (Å²) in [5.74, 6) is 0.0144. The summed E-state index contributed by atoms with van der Waals surface area (Å²) < 4.78 is 13.2. The molecule has 3 heteroatoms. The van der Waals surface area contributed by atoms with Gasteiger partial charge >= 0.3 is 0 Å². The number of nitrogens with one attached hydrogen (secondary N) is 1. The Labute approximate surface area is 130 Å². The fourth-order valence-corrected chi connectivity index (χ4v) is 3.16. The molecule has 2 aromatic rings. The van der Waals surface area contributed by atoms with Crippen molar-refractivity contribution in [2.45, 2.75) is 31.7 Å². The number of rotatable bonds is 4. The summed E-state index contributed by atoms with van der Waals surface area (Å²) in [6.45, 7) is 0. The van der Waals surface area contributed by atoms with Crippen molar-refractivity contribution in [1.82, 2.24) is 0 Å². The van der Waals surface area contributed by atoms with E-state index in [1.54, 1.807) is 12.1 Å². The summed E-state index contributed by atoms with van der Waals surface area (Å²) in [7, 11) is 0. The Balaban J connectivity index is 1.90. The predicted molar refractivity (Wildman–Crippen MR) is 86.2 cm³/mol. The molecule has 2 nitrogen and oxygen atoms in total. The van der Waals surface area contributed by atoms with Crippen molar-refractivity contribution in [3.8, 4) is 0 Å². The van der Waals surface area contributed by atoms with Gasteiger partial charge in [0.05, 0.1) is 6.04 Å². The van der Waals surface area contributed by atoms with Crippen LogP contribution in [0.25, 0.3) is 0 Å². The van der Waals surface area contributed by atoms with Gasteiger partial charge < -0.3 is 5.32 Å². The minimum absolute atomic E-state index is 0.0422. The van der Waals surface area contributed by atoms with Crippen LogP contribution in [0, 0.1) is 11.7 Å². The average molecular weight is 297 g/mol. The monoisotopic (exact) mass is 297 g/mol. The van der Waals surface area contributed by atoms with E-state index in [1.807, 2.05) is 30.3 Å². The lowest BCUT2D eigenvalue weighted by molar-refractivity contribution is -0.125. The van der Waals surface area contributed by atoms with E-state index in [-0.39, 0.29) is 17.8 Å². The third-order valence-corrected chi connectivity index (χ3v) is 4.33. The van der Waals surface area contributed by atoms with Gasteiger partial charge in [-0.05, 0) is 42.7 Å². The van der Waals surface area contributed by atoms with Gasteiger partial charge in [0.2, 0.25) is 0 Å². The predicted octanol–water partition coefficient (Wildman–Crippen LogP) is 4.74. The van der Waals surface area contributed by atoms with Crippen LogP contribution in [0.15, 0.2) is 54.6 Å². The molecule has 0 bridgehead atoms. The molecular formula is C19H20FNO. The van der Waals surface area contributed by atoms with Gasteiger partial charge in [-0.1, -0.05) is 36.8 Å². The molecule has 2 atom stereocenters. The Bertz CT molecular complexity index is 624. The summed E-state index contributed by atoms with van der Waals surface area (Å²) in [4.78, 5) is 12.4. The number of benzene rings is 2. The van der Waals surface area contributed by atoms with E-state index in [9.17, 15) is 9.18 Å². The molecule has 2 aromatic carbocycles. The largest absolute Gasteiger partial charge is 0.378 e. The van der Waals surface area contributed by atoms with E-state index in [0.29, 0.717) is 12.2 Å². The fourth-order valence-electron chi connectivity index (χ4n) is 3.16. The summed E-state index contributed by atoms with van der Waals surface area (Å²) in [6.07, 6.45) is 3.60. The van der Waals surface area contributed by atoms with Gasteiger partial charge in [-0.25, -0.2) is 4.39 Å². The molecule has 0 saturated heterocycles. The van der Waals surface area contributed by atoms with Crippen LogP contribution in [0.1, 0.15) is 37.3 Å². The lowest BCUT2D eigenvalue weighted by atomic mass is 9.80. The lowest BCUT2D eigenvalue weighted by Crippen LogP contribution is -2.30. The Morgan fingerprint density at radius 3 is 2.41 bits per heavy atom. The minimum Gasteiger partial charge on any atom is -0.378 e. The van der Waals surface area contributed by atoms with Gasteiger partial charge in [-0.3, -0.25) is 4.79 Å². The van der Waals surface area contributed by atoms with Crippen molar-refractivity contribution < 1.29 is 9.18 Å². The number of anilines is 1. The Kier molecular flexibility index (Phi) is 4.52. The highest BCUT2D eigenvalue weighted by atomic mass is 19.1. The van der Waals surface area contributed by atoms with Crippen LogP contribution >= 0.6 is 0 Å². The van der Waals surface area contributed by atoms with Crippen molar-refractivity contribution in [2.24, 2.45) is 5.92 Å². The van der Waals surface area contributed by atoms with Crippen molar-refractivity contribution in [1.29, 1.82) is 0 Å². The average Bonchev–Trinajstić information content (AvgIpc) is 2.55. The van der Waals surface area contributed by atoms with E-state index in [4.69, 9.17) is 0 Å². The Hall–Kier alpha value is -2.16. The molecular weight excluding hydrogens is 277 g/mol. The molecule has 0 heterocycles. The molecule has 0 spiro atoms. The number of ketones is 1. The number of Topliss-reactive ketones (excluding diaryl/α,β-unsaturated/α-hetero) is 1. The van der Waals surface area contributed by atoms with Gasteiger partial charge in [0, 0.05) is 18.0 Å². The van der Waals surface area contributed by atoms with Gasteiger partial charge in [-0.15, -0.1) is 0 Å². The summed E-state index contributed by atoms with van der Waals surface area (Å²) >= 11 is 0. The maximum Gasteiger partial charge on any atom is 0.138 e. The second-order valence-electron chi connectivity index (χ2n) is 5.86. The highest BCUT2D eigenvalue weighted by Crippen LogP contribution is 2.34. The van der Waals surface area contributed by atoms with Crippen molar-refractivity contribution >= 4 is 11.5 Å². The first-order chi connectivity index (χ1) is 10.7. The van der Waals surface area contributed by atoms with Crippen LogP contribution in [0.2, 0.25) is 0 Å². The lowest BCUT2D eigenvalue weighted by Gasteiger charge is -2.31. The molecule has 3 rings (SSSR count). The Morgan fingerprint density at radius 1 is 1.00 bits per heavy atom. The zero-order valence-electron chi connectivity index (χ0n) is 12.5. The van der Waals surface area contributed by atoms with Crippen LogP contribution in [0.3, 0.4) is 0 Å². The third kappa shape index (κ3) is 3.35. The molecule has 0 aliphatic heterocycles. The van der Waals surface area contributed by atoms with E-state index in [1.165, 1.54) is 12.1 Å². The molecule has 0 unspecified atom stereocenters. The summed E-state index contributed by atoms with van der Waals surface area (Å²) in [5, 5.41) is 3.47. The maximum atomic E-state index is 13.2. The summed E-state index contributed by atoms with van der Waals surface area (Å²) in [6, 6.07) is 16.2. The quantitative estimate of drug-likeness (QED) is 0.883. The van der Waals surface area contributed by atoms with E-state index >= 15 is 0 Å². The number of carbonyl (C=O) groups is 1. The van der Waals surface area contributed by atoms with E-state index in [0.717, 1.165) is 30.5 Å². The van der Waals surface area contributed by atoms with Gasteiger partial charge in [0.1, 0.15) is 11.6 Å². The highest BCUT2D eigenvalue weighted by Gasteiger charge is 2.31. The first kappa shape index (κ1) is 14.8. The summed E-state index contributed by atoms with van der Waals surface area (Å²) in [5.41, 5.74) is 1.95. The standard InChI is InChI=1S/C19H20FNO/c20-15-12-10-14(11-13-15)19(17-8-4-5-9-18(17)22)21-16-6-2-1-3-7-16/h1-3,6-7,10-13,17,19,21H,4-5,8-9H2/t17-,19+/m0/s1. The number of halogens is 1. The molecule has 114 valence electrons. The fraction of sp³-hybridized carbons (Fsp3) is 0.316. The van der Waals surface area contributed by atoms with Crippen molar-refractivity contribution in [3.05, 3.63) is 66.0 Å². The molecule has 1 N–H and O–H groups in total. The molecule has 0 radical (unpaired) electrons. The van der Waals surface area contributed by atoms with Crippen LogP contribution in [0.5, 0.6) is 0 Å². The third-order valence-electron chi connectivity index (χ3n) is 4.33. The van der Waals surface area contributed by atoms with Crippen LogP contribution in [-0.2, 0) is 4.79 Å². The molecule has 1 fully saturated rings. The van der Waals surface area contributed by atoms with E-state index in [2.05, 4.69) is 5.32 Å². The number of para-hydroxylation sites is 1. The first-order valence-electron chi connectivity index (χ1n) is 7.84. The second-order valence-corrected chi connectivity index (χ2v) is 5.86. The second kappa shape index (κ2) is 6.73. The maximum absolute atomic E-state index is 13.2. The normalized spacial score (nSPS) is 19.7. The molecule has 0 aromatic heterocycles. The van der Waals surface area contributed by atoms with Crippen LogP contribution < -0.4 is 5.32 Å². The zero-order chi connectivity index (χ0) is 15.4. The zero-order valence-corrected chi connectivity index (χ0v) is 12.5. The molecule has 1 saturated carbocycles. The van der Waals surface area contributed by atoms with Crippen molar-refractivity contribution in [2.75, 3.05) is 5.32 Å². The van der Waals surface area contributed by atoms with E-state index < -0.39 is 0 Å². The number of hydrogen-bond donors (Lipinski definition) is 1. The van der Waals surface area contributed by atoms with Gasteiger partial charge in [0.25, 0.3) is 0 Å². The SMILES string of the molecule is O=C1CCCC[C@@H]1[C@H](Nc1ccccc1)c1ccc(F)cc1. The van der Waals surface area contributed by atoms with Crippen LogP contribution in [-0.4, -0.2) is 5.78 Å². The number of hydrogen-bond acceptors (Lipinski definition) is 2. The topological polar surface area (TPSA) is 29.1 Å². The van der Waals surface area contributed by atoms with Gasteiger partial charge in [0.15, 0.2) is 0 Å². The highest BCUT2D eigenvalue weighted by molar-refractivity contribution is 5.83. The number of carbonyl (C=O) groups excluding carboxylic acids is 1. The van der Waals surface area contributed by atoms with Crippen molar-refractivity contribution in [3.63, 3.8) is 0 Å². The molecule has 1 aliphatic carbocycles. The Morgan fingerprint density at radius 2 is 1.73 bits per heavy atom. The smallest absolute Gasteiger partial charge is 0.138 e.